The molecule has 0 unspecified atom stereocenters. The van der Waals surface area contributed by atoms with Gasteiger partial charge in [0.1, 0.15) is 6.10 Å². The van der Waals surface area contributed by atoms with Gasteiger partial charge in [-0.2, -0.15) is 0 Å². The molecule has 2 saturated heterocycles. The van der Waals surface area contributed by atoms with Gasteiger partial charge in [-0.1, -0.05) is 52.9 Å². The van der Waals surface area contributed by atoms with E-state index in [1.165, 1.54) is 0 Å². The minimum absolute atomic E-state index is 0.0211. The van der Waals surface area contributed by atoms with Crippen molar-refractivity contribution in [1.29, 1.82) is 0 Å². The van der Waals surface area contributed by atoms with E-state index < -0.39 is 0 Å². The molecule has 4 rings (SSSR count). The van der Waals surface area contributed by atoms with Gasteiger partial charge < -0.3 is 9.64 Å². The van der Waals surface area contributed by atoms with E-state index in [0.29, 0.717) is 6.54 Å². The molecule has 3 aliphatic rings. The van der Waals surface area contributed by atoms with Crippen LogP contribution in [0.5, 0.6) is 0 Å². The van der Waals surface area contributed by atoms with Gasteiger partial charge in [0.2, 0.25) is 5.91 Å². The number of ether oxygens (including phenoxy) is 1. The van der Waals surface area contributed by atoms with Crippen molar-refractivity contribution in [3.05, 3.63) is 35.9 Å². The lowest BCUT2D eigenvalue weighted by molar-refractivity contribution is -0.151. The van der Waals surface area contributed by atoms with Crippen LogP contribution in [-0.4, -0.2) is 33.3 Å². The molecule has 116 valence electrons. The third kappa shape index (κ3) is 2.25. The second-order valence-corrected chi connectivity index (χ2v) is 7.92. The molecule has 2 bridgehead atoms. The minimum Gasteiger partial charge on any atom is -0.461 e. The maximum Gasteiger partial charge on any atom is 0.310 e. The highest BCUT2D eigenvalue weighted by Gasteiger charge is 2.57. The zero-order valence-corrected chi connectivity index (χ0v) is 14.3. The van der Waals surface area contributed by atoms with Gasteiger partial charge in [0.25, 0.3) is 0 Å². The van der Waals surface area contributed by atoms with Gasteiger partial charge in [0, 0.05) is 13.1 Å². The quantitative estimate of drug-likeness (QED) is 0.427. The maximum absolute atomic E-state index is 13.0. The number of hydrogen-bond donors (Lipinski definition) is 0. The second-order valence-electron chi connectivity index (χ2n) is 6.49. The van der Waals surface area contributed by atoms with Crippen molar-refractivity contribution in [3.8, 4) is 0 Å². The predicted octanol–water partition coefficient (Wildman–Crippen LogP) is 2.40. The Hall–Kier alpha value is -1.11. The third-order valence-corrected chi connectivity index (χ3v) is 6.99. The number of nitrogens with zero attached hydrogens (tertiary/aromatic N) is 1. The number of fused-ring (bicyclic) bond motifs is 4. The molecule has 1 saturated carbocycles. The third-order valence-electron chi connectivity index (χ3n) is 5.26. The van der Waals surface area contributed by atoms with Crippen molar-refractivity contribution in [3.63, 3.8) is 0 Å². The van der Waals surface area contributed by atoms with Crippen LogP contribution in [-0.2, 0) is 20.9 Å². The molecule has 5 heteroatoms. The topological polar surface area (TPSA) is 46.6 Å². The molecule has 5 atom stereocenters. The molecule has 22 heavy (non-hydrogen) atoms. The van der Waals surface area contributed by atoms with Crippen LogP contribution >= 0.6 is 22.6 Å². The van der Waals surface area contributed by atoms with Crippen molar-refractivity contribution < 1.29 is 14.3 Å². The lowest BCUT2D eigenvalue weighted by atomic mass is 9.68. The standard InChI is InChI=1S/C17H18INO3/c18-15-11-6-7-19(9-10-4-2-1-3-5-10)16(20)14(11)12-8-13(15)22-17(12)21/h1-5,11-15H,6-9H2/t11-,12+,13-,14-,15+/m0/s1. The van der Waals surface area contributed by atoms with Crippen molar-refractivity contribution in [2.45, 2.75) is 29.4 Å². The molecule has 1 aromatic carbocycles. The molecule has 1 amide bonds. The van der Waals surface area contributed by atoms with Crippen LogP contribution in [0.25, 0.3) is 0 Å². The van der Waals surface area contributed by atoms with Crippen LogP contribution < -0.4 is 0 Å². The summed E-state index contributed by atoms with van der Waals surface area (Å²) in [5, 5.41) is 0. The van der Waals surface area contributed by atoms with E-state index in [1.54, 1.807) is 0 Å². The van der Waals surface area contributed by atoms with Crippen molar-refractivity contribution in [2.75, 3.05) is 6.54 Å². The molecule has 1 aliphatic carbocycles. The van der Waals surface area contributed by atoms with Gasteiger partial charge in [-0.3, -0.25) is 9.59 Å². The summed E-state index contributed by atoms with van der Waals surface area (Å²) in [6.45, 7) is 1.42. The fourth-order valence-electron chi connectivity index (χ4n) is 4.17. The number of alkyl halides is 1. The van der Waals surface area contributed by atoms with E-state index in [1.807, 2.05) is 35.2 Å². The lowest BCUT2D eigenvalue weighted by Gasteiger charge is -2.44. The molecular formula is C17H18INO3. The predicted molar refractivity (Wildman–Crippen MR) is 89.3 cm³/mol. The minimum atomic E-state index is -0.216. The first-order chi connectivity index (χ1) is 10.6. The number of carbonyl (C=O) groups is 2. The normalized spacial score (nSPS) is 37.0. The highest BCUT2D eigenvalue weighted by atomic mass is 127. The molecule has 0 N–H and O–H groups in total. The van der Waals surface area contributed by atoms with E-state index in [4.69, 9.17) is 4.74 Å². The summed E-state index contributed by atoms with van der Waals surface area (Å²) in [5.41, 5.74) is 1.14. The summed E-state index contributed by atoms with van der Waals surface area (Å²) < 4.78 is 5.75. The van der Waals surface area contributed by atoms with Gasteiger partial charge in [0.15, 0.2) is 0 Å². The summed E-state index contributed by atoms with van der Waals surface area (Å²) in [7, 11) is 0. The van der Waals surface area contributed by atoms with Crippen LogP contribution in [0.15, 0.2) is 30.3 Å². The number of piperidine rings is 1. The van der Waals surface area contributed by atoms with Crippen molar-refractivity contribution >= 4 is 34.5 Å². The number of rotatable bonds is 2. The SMILES string of the molecule is O=C1O[C@H]2C[C@@H]1[C@H]1C(=O)N(Cc3ccccc3)CC[C@@H]1[C@H]2I. The maximum atomic E-state index is 13.0. The lowest BCUT2D eigenvalue weighted by Crippen LogP contribution is -2.53. The van der Waals surface area contributed by atoms with Gasteiger partial charge in [-0.15, -0.1) is 0 Å². The number of benzene rings is 1. The summed E-state index contributed by atoms with van der Waals surface area (Å²) in [4.78, 5) is 27.0. The van der Waals surface area contributed by atoms with E-state index in [9.17, 15) is 9.59 Å². The number of likely N-dealkylation sites (tertiary alicyclic amines) is 1. The summed E-state index contributed by atoms with van der Waals surface area (Å²) in [5.74, 6) is -0.119. The van der Waals surface area contributed by atoms with E-state index in [-0.39, 0.29) is 39.7 Å². The molecule has 0 radical (unpaired) electrons. The van der Waals surface area contributed by atoms with E-state index >= 15 is 0 Å². The van der Waals surface area contributed by atoms with Crippen molar-refractivity contribution in [1.82, 2.24) is 4.90 Å². The van der Waals surface area contributed by atoms with Crippen LogP contribution in [0.3, 0.4) is 0 Å². The Morgan fingerprint density at radius 2 is 2.00 bits per heavy atom. The first-order valence-electron chi connectivity index (χ1n) is 7.82. The Morgan fingerprint density at radius 3 is 2.77 bits per heavy atom. The van der Waals surface area contributed by atoms with E-state index in [0.717, 1.165) is 24.9 Å². The fraction of sp³-hybridized carbons (Fsp3) is 0.529. The second kappa shape index (κ2) is 5.51. The summed E-state index contributed by atoms with van der Waals surface area (Å²) >= 11 is 2.38. The number of esters is 1. The van der Waals surface area contributed by atoms with Gasteiger partial charge in [0.05, 0.1) is 15.8 Å². The summed E-state index contributed by atoms with van der Waals surface area (Å²) in [6.07, 6.45) is 1.71. The fourth-order valence-corrected chi connectivity index (χ4v) is 5.42. The highest BCUT2D eigenvalue weighted by molar-refractivity contribution is 14.1. The van der Waals surface area contributed by atoms with E-state index in [2.05, 4.69) is 22.6 Å². The molecule has 3 fully saturated rings. The Balaban J connectivity index is 1.57. The molecule has 2 aliphatic heterocycles. The molecule has 0 aromatic heterocycles. The number of amides is 1. The van der Waals surface area contributed by atoms with Crippen molar-refractivity contribution in [2.24, 2.45) is 17.8 Å². The Kier molecular flexibility index (Phi) is 3.63. The average molecular weight is 411 g/mol. The van der Waals surface area contributed by atoms with Crippen LogP contribution in [0, 0.1) is 17.8 Å². The molecule has 2 heterocycles. The van der Waals surface area contributed by atoms with Gasteiger partial charge >= 0.3 is 5.97 Å². The largest absolute Gasteiger partial charge is 0.461 e. The molecule has 1 aromatic rings. The Morgan fingerprint density at radius 1 is 1.23 bits per heavy atom. The van der Waals surface area contributed by atoms with Crippen LogP contribution in [0.1, 0.15) is 18.4 Å². The zero-order valence-electron chi connectivity index (χ0n) is 12.2. The number of halogens is 1. The number of carbonyl (C=O) groups excluding carboxylic acids is 2. The smallest absolute Gasteiger partial charge is 0.310 e. The first kappa shape index (κ1) is 14.5. The Labute approximate surface area is 143 Å². The number of hydrogen-bond acceptors (Lipinski definition) is 3. The zero-order chi connectivity index (χ0) is 15.3. The van der Waals surface area contributed by atoms with Crippen LogP contribution in [0.2, 0.25) is 0 Å². The molecular weight excluding hydrogens is 393 g/mol. The van der Waals surface area contributed by atoms with Crippen LogP contribution in [0.4, 0.5) is 0 Å². The average Bonchev–Trinajstić information content (AvgIpc) is 2.86. The monoisotopic (exact) mass is 411 g/mol. The molecule has 0 spiro atoms. The highest BCUT2D eigenvalue weighted by Crippen LogP contribution is 2.49. The Bertz CT molecular complexity index is 605. The first-order valence-corrected chi connectivity index (χ1v) is 9.07. The molecule has 4 nitrogen and oxygen atoms in total. The van der Waals surface area contributed by atoms with Gasteiger partial charge in [-0.05, 0) is 24.3 Å². The summed E-state index contributed by atoms with van der Waals surface area (Å²) in [6, 6.07) is 10.1. The van der Waals surface area contributed by atoms with Gasteiger partial charge in [-0.25, -0.2) is 0 Å².